The summed E-state index contributed by atoms with van der Waals surface area (Å²) in [6.07, 6.45) is 0.757. The van der Waals surface area contributed by atoms with Gasteiger partial charge in [-0.15, -0.1) is 0 Å². The highest BCUT2D eigenvalue weighted by Gasteiger charge is 2.30. The Kier molecular flexibility index (Phi) is 6.61. The molecule has 0 atom stereocenters. The molecule has 1 heterocycles. The van der Waals surface area contributed by atoms with E-state index in [1.165, 1.54) is 19.2 Å². The van der Waals surface area contributed by atoms with Gasteiger partial charge in [0.1, 0.15) is 12.3 Å². The minimum atomic E-state index is -3.96. The Bertz CT molecular complexity index is 982. The van der Waals surface area contributed by atoms with Gasteiger partial charge in [0.15, 0.2) is 0 Å². The fourth-order valence-electron chi connectivity index (χ4n) is 3.20. The van der Waals surface area contributed by atoms with Crippen molar-refractivity contribution in [3.8, 4) is 5.75 Å². The maximum Gasteiger partial charge on any atom is 0.264 e. The van der Waals surface area contributed by atoms with Gasteiger partial charge < -0.3 is 14.5 Å². The van der Waals surface area contributed by atoms with Crippen LogP contribution in [0.25, 0.3) is 0 Å². The monoisotopic (exact) mass is 431 g/mol. The summed E-state index contributed by atoms with van der Waals surface area (Å²) in [5, 5.41) is 0. The van der Waals surface area contributed by atoms with Crippen LogP contribution in [0.1, 0.15) is 5.56 Å². The molecule has 1 fully saturated rings. The Balaban J connectivity index is 1.90. The van der Waals surface area contributed by atoms with Gasteiger partial charge in [-0.3, -0.25) is 13.9 Å². The van der Waals surface area contributed by atoms with Gasteiger partial charge in [-0.1, -0.05) is 17.7 Å². The van der Waals surface area contributed by atoms with E-state index in [9.17, 15) is 18.0 Å². The van der Waals surface area contributed by atoms with E-state index in [-0.39, 0.29) is 17.3 Å². The van der Waals surface area contributed by atoms with Crippen molar-refractivity contribution in [1.82, 2.24) is 9.80 Å². The van der Waals surface area contributed by atoms with Crippen molar-refractivity contribution in [2.75, 3.05) is 44.1 Å². The molecular weight excluding hydrogens is 406 g/mol. The van der Waals surface area contributed by atoms with Crippen molar-refractivity contribution in [3.63, 3.8) is 0 Å². The summed E-state index contributed by atoms with van der Waals surface area (Å²) in [7, 11) is -2.44. The molecule has 9 heteroatoms. The summed E-state index contributed by atoms with van der Waals surface area (Å²) in [5.41, 5.74) is 1.31. The van der Waals surface area contributed by atoms with Gasteiger partial charge in [0.25, 0.3) is 10.0 Å². The van der Waals surface area contributed by atoms with E-state index in [2.05, 4.69) is 0 Å². The Hall–Kier alpha value is -3.07. The summed E-state index contributed by atoms with van der Waals surface area (Å²) in [4.78, 5) is 27.1. The van der Waals surface area contributed by atoms with Crippen molar-refractivity contribution in [2.45, 2.75) is 11.8 Å². The molecule has 2 aromatic carbocycles. The van der Waals surface area contributed by atoms with Crippen LogP contribution in [0.15, 0.2) is 53.4 Å². The van der Waals surface area contributed by atoms with Crippen molar-refractivity contribution >= 4 is 28.0 Å². The van der Waals surface area contributed by atoms with Crippen molar-refractivity contribution in [1.29, 1.82) is 0 Å². The Morgan fingerprint density at radius 3 is 2.17 bits per heavy atom. The maximum atomic E-state index is 13.4. The third kappa shape index (κ3) is 4.73. The minimum Gasteiger partial charge on any atom is -0.497 e. The number of benzene rings is 2. The molecule has 0 radical (unpaired) electrons. The van der Waals surface area contributed by atoms with Crippen molar-refractivity contribution < 1.29 is 22.7 Å². The smallest absolute Gasteiger partial charge is 0.264 e. The van der Waals surface area contributed by atoms with E-state index in [0.29, 0.717) is 37.6 Å². The lowest BCUT2D eigenvalue weighted by molar-refractivity contribution is -0.133. The lowest BCUT2D eigenvalue weighted by Crippen LogP contribution is -2.51. The molecule has 3 rings (SSSR count). The van der Waals surface area contributed by atoms with Crippen LogP contribution in [-0.2, 0) is 19.6 Å². The molecule has 0 aromatic heterocycles. The standard InChI is InChI=1S/C21H25N3O5S/c1-17-3-9-20(10-4-17)30(27,28)24(18-5-7-19(29-2)8-6-18)15-21(26)23-13-11-22(16-25)12-14-23/h3-10,16H,11-15H2,1-2H3. The second-order valence-electron chi connectivity index (χ2n) is 7.04. The van der Waals surface area contributed by atoms with Gasteiger partial charge in [0, 0.05) is 26.2 Å². The van der Waals surface area contributed by atoms with Crippen LogP contribution in [0.3, 0.4) is 0 Å². The SMILES string of the molecule is COc1ccc(N(CC(=O)N2CCN(C=O)CC2)S(=O)(=O)c2ccc(C)cc2)cc1. The fourth-order valence-corrected chi connectivity index (χ4v) is 4.61. The molecule has 30 heavy (non-hydrogen) atoms. The van der Waals surface area contributed by atoms with Crippen LogP contribution < -0.4 is 9.04 Å². The van der Waals surface area contributed by atoms with E-state index < -0.39 is 10.0 Å². The first-order valence-electron chi connectivity index (χ1n) is 9.56. The normalized spacial score (nSPS) is 14.3. The summed E-state index contributed by atoms with van der Waals surface area (Å²) < 4.78 is 33.0. The lowest BCUT2D eigenvalue weighted by atomic mass is 10.2. The predicted molar refractivity (Wildman–Crippen MR) is 113 cm³/mol. The first kappa shape index (κ1) is 21.6. The molecule has 0 aliphatic carbocycles. The van der Waals surface area contributed by atoms with Gasteiger partial charge in [0.05, 0.1) is 17.7 Å². The van der Waals surface area contributed by atoms with Crippen LogP contribution in [0.4, 0.5) is 5.69 Å². The zero-order chi connectivity index (χ0) is 21.7. The number of hydrogen-bond acceptors (Lipinski definition) is 5. The quantitative estimate of drug-likeness (QED) is 0.620. The first-order valence-corrected chi connectivity index (χ1v) is 11.0. The Labute approximate surface area is 176 Å². The topological polar surface area (TPSA) is 87.2 Å². The number of anilines is 1. The molecule has 0 bridgehead atoms. The molecule has 8 nitrogen and oxygen atoms in total. The zero-order valence-corrected chi connectivity index (χ0v) is 17.8. The van der Waals surface area contributed by atoms with Crippen LogP contribution >= 0.6 is 0 Å². The van der Waals surface area contributed by atoms with E-state index in [4.69, 9.17) is 4.74 Å². The number of aryl methyl sites for hydroxylation is 1. The molecule has 1 aliphatic heterocycles. The molecule has 2 amide bonds. The summed E-state index contributed by atoms with van der Waals surface area (Å²) in [5.74, 6) is 0.273. The van der Waals surface area contributed by atoms with E-state index in [1.54, 1.807) is 46.2 Å². The molecule has 1 saturated heterocycles. The highest BCUT2D eigenvalue weighted by molar-refractivity contribution is 7.92. The number of nitrogens with zero attached hydrogens (tertiary/aromatic N) is 3. The number of methoxy groups -OCH3 is 1. The first-order chi connectivity index (χ1) is 14.3. The average Bonchev–Trinajstić information content (AvgIpc) is 2.77. The highest BCUT2D eigenvalue weighted by Crippen LogP contribution is 2.26. The van der Waals surface area contributed by atoms with Gasteiger partial charge in [0.2, 0.25) is 12.3 Å². The van der Waals surface area contributed by atoms with Gasteiger partial charge in [-0.05, 0) is 43.3 Å². The van der Waals surface area contributed by atoms with Crippen molar-refractivity contribution in [3.05, 3.63) is 54.1 Å². The number of hydrogen-bond donors (Lipinski definition) is 0. The minimum absolute atomic E-state index is 0.113. The molecule has 0 N–H and O–H groups in total. The summed E-state index contributed by atoms with van der Waals surface area (Å²) in [6.45, 7) is 3.16. The van der Waals surface area contributed by atoms with Gasteiger partial charge >= 0.3 is 0 Å². The second kappa shape index (κ2) is 9.17. The molecule has 0 spiro atoms. The second-order valence-corrected chi connectivity index (χ2v) is 8.91. The van der Waals surface area contributed by atoms with Gasteiger partial charge in [-0.25, -0.2) is 8.42 Å². The Morgan fingerprint density at radius 1 is 1.03 bits per heavy atom. The van der Waals surface area contributed by atoms with Gasteiger partial charge in [-0.2, -0.15) is 0 Å². The van der Waals surface area contributed by atoms with Crippen LogP contribution in [0.5, 0.6) is 5.75 Å². The molecule has 0 saturated carbocycles. The molecule has 160 valence electrons. The largest absolute Gasteiger partial charge is 0.497 e. The number of rotatable bonds is 7. The van der Waals surface area contributed by atoms with Crippen LogP contribution in [0, 0.1) is 6.92 Å². The average molecular weight is 432 g/mol. The number of ether oxygens (including phenoxy) is 1. The number of carbonyl (C=O) groups excluding carboxylic acids is 2. The number of piperazine rings is 1. The summed E-state index contributed by atoms with van der Waals surface area (Å²) >= 11 is 0. The molecule has 0 unspecified atom stereocenters. The molecule has 2 aromatic rings. The van der Waals surface area contributed by atoms with E-state index in [0.717, 1.165) is 16.3 Å². The zero-order valence-electron chi connectivity index (χ0n) is 17.0. The van der Waals surface area contributed by atoms with Crippen LogP contribution in [0.2, 0.25) is 0 Å². The Morgan fingerprint density at radius 2 is 1.63 bits per heavy atom. The van der Waals surface area contributed by atoms with E-state index >= 15 is 0 Å². The lowest BCUT2D eigenvalue weighted by Gasteiger charge is -2.34. The highest BCUT2D eigenvalue weighted by atomic mass is 32.2. The summed E-state index contributed by atoms with van der Waals surface area (Å²) in [6, 6.07) is 13.0. The third-order valence-corrected chi connectivity index (χ3v) is 6.85. The number of carbonyl (C=O) groups is 2. The van der Waals surface area contributed by atoms with Crippen molar-refractivity contribution in [2.24, 2.45) is 0 Å². The maximum absolute atomic E-state index is 13.4. The molecular formula is C21H25N3O5S. The number of amides is 2. The van der Waals surface area contributed by atoms with E-state index in [1.807, 2.05) is 6.92 Å². The van der Waals surface area contributed by atoms with Crippen LogP contribution in [-0.4, -0.2) is 70.4 Å². The predicted octanol–water partition coefficient (Wildman–Crippen LogP) is 1.50. The number of sulfonamides is 1. The fraction of sp³-hybridized carbons (Fsp3) is 0.333. The molecule has 1 aliphatic rings. The third-order valence-electron chi connectivity index (χ3n) is 5.06.